The highest BCUT2D eigenvalue weighted by atomic mass is 79.9. The molecular weight excluding hydrogens is 242 g/mol. The van der Waals surface area contributed by atoms with Crippen LogP contribution in [-0.2, 0) is 0 Å². The van der Waals surface area contributed by atoms with Crippen molar-refractivity contribution in [2.24, 2.45) is 5.92 Å². The minimum atomic E-state index is -0.0611. The lowest BCUT2D eigenvalue weighted by atomic mass is 9.77. The lowest BCUT2D eigenvalue weighted by molar-refractivity contribution is 0.103. The van der Waals surface area contributed by atoms with Gasteiger partial charge in [0.25, 0.3) is 0 Å². The van der Waals surface area contributed by atoms with Crippen molar-refractivity contribution >= 4 is 15.9 Å². The Balaban J connectivity index is 2.51. The molecule has 0 aromatic heterocycles. The van der Waals surface area contributed by atoms with Crippen LogP contribution in [0.5, 0.6) is 0 Å². The van der Waals surface area contributed by atoms with E-state index in [-0.39, 0.29) is 12.1 Å². The molecule has 1 aliphatic rings. The molecule has 3 heteroatoms. The van der Waals surface area contributed by atoms with Gasteiger partial charge in [-0.15, -0.1) is 0 Å². The van der Waals surface area contributed by atoms with Gasteiger partial charge >= 0.3 is 0 Å². The number of hydrogen-bond donors (Lipinski definition) is 2. The molecule has 82 valence electrons. The smallest absolute Gasteiger partial charge is 0.0613 e. The van der Waals surface area contributed by atoms with Crippen molar-refractivity contribution < 1.29 is 5.11 Å². The van der Waals surface area contributed by atoms with Crippen molar-refractivity contribution in [2.75, 3.05) is 13.2 Å². The van der Waals surface area contributed by atoms with Crippen LogP contribution in [0.4, 0.5) is 0 Å². The first-order valence-electron chi connectivity index (χ1n) is 5.27. The zero-order valence-electron chi connectivity index (χ0n) is 8.85. The van der Waals surface area contributed by atoms with E-state index >= 15 is 0 Å². The SMILES string of the molecule is C=C(Br)CNC1(CO)CCCC(C)C1. The van der Waals surface area contributed by atoms with Gasteiger partial charge in [-0.1, -0.05) is 42.3 Å². The fourth-order valence-electron chi connectivity index (χ4n) is 2.30. The first-order valence-corrected chi connectivity index (χ1v) is 6.06. The molecule has 0 radical (unpaired) electrons. The normalized spacial score (nSPS) is 32.9. The second kappa shape index (κ2) is 5.29. The number of aliphatic hydroxyl groups excluding tert-OH is 1. The van der Waals surface area contributed by atoms with Crippen molar-refractivity contribution in [3.8, 4) is 0 Å². The Bertz CT molecular complexity index is 207. The highest BCUT2D eigenvalue weighted by Crippen LogP contribution is 2.32. The van der Waals surface area contributed by atoms with Crippen LogP contribution in [0.25, 0.3) is 0 Å². The summed E-state index contributed by atoms with van der Waals surface area (Å²) in [6, 6.07) is 0. The number of nitrogens with one attached hydrogen (secondary N) is 1. The lowest BCUT2D eigenvalue weighted by Gasteiger charge is -2.39. The minimum Gasteiger partial charge on any atom is -0.394 e. The van der Waals surface area contributed by atoms with Gasteiger partial charge in [-0.3, -0.25) is 0 Å². The molecule has 0 saturated heterocycles. The third-order valence-corrected chi connectivity index (χ3v) is 3.33. The molecule has 1 rings (SSSR count). The van der Waals surface area contributed by atoms with E-state index in [4.69, 9.17) is 0 Å². The van der Waals surface area contributed by atoms with E-state index in [0.29, 0.717) is 5.92 Å². The molecule has 0 heterocycles. The summed E-state index contributed by atoms with van der Waals surface area (Å²) < 4.78 is 0.948. The van der Waals surface area contributed by atoms with Crippen molar-refractivity contribution in [3.63, 3.8) is 0 Å². The predicted octanol–water partition coefficient (Wildman–Crippen LogP) is 2.43. The van der Waals surface area contributed by atoms with E-state index in [9.17, 15) is 5.11 Å². The van der Waals surface area contributed by atoms with Crippen LogP contribution >= 0.6 is 15.9 Å². The molecule has 2 unspecified atom stereocenters. The van der Waals surface area contributed by atoms with E-state index in [1.54, 1.807) is 0 Å². The van der Waals surface area contributed by atoms with Crippen molar-refractivity contribution in [2.45, 2.75) is 38.1 Å². The zero-order valence-corrected chi connectivity index (χ0v) is 10.4. The molecule has 0 aromatic carbocycles. The first kappa shape index (κ1) is 12.2. The zero-order chi connectivity index (χ0) is 10.6. The largest absolute Gasteiger partial charge is 0.394 e. The fourth-order valence-corrected chi connectivity index (χ4v) is 2.44. The van der Waals surface area contributed by atoms with E-state index in [1.165, 1.54) is 12.8 Å². The highest BCUT2D eigenvalue weighted by Gasteiger charge is 2.33. The van der Waals surface area contributed by atoms with Gasteiger partial charge in [0, 0.05) is 16.6 Å². The highest BCUT2D eigenvalue weighted by molar-refractivity contribution is 9.11. The Labute approximate surface area is 94.9 Å². The molecule has 2 atom stereocenters. The Morgan fingerprint density at radius 3 is 2.93 bits per heavy atom. The summed E-state index contributed by atoms with van der Waals surface area (Å²) in [7, 11) is 0. The van der Waals surface area contributed by atoms with Gasteiger partial charge in [0.05, 0.1) is 6.61 Å². The quantitative estimate of drug-likeness (QED) is 0.815. The topological polar surface area (TPSA) is 32.3 Å². The lowest BCUT2D eigenvalue weighted by Crippen LogP contribution is -2.51. The molecule has 0 aromatic rings. The van der Waals surface area contributed by atoms with Gasteiger partial charge in [0.2, 0.25) is 0 Å². The summed E-state index contributed by atoms with van der Waals surface area (Å²) in [5, 5.41) is 12.9. The second-order valence-corrected chi connectivity index (χ2v) is 5.63. The van der Waals surface area contributed by atoms with Crippen LogP contribution in [0.2, 0.25) is 0 Å². The standard InChI is InChI=1S/C11H20BrNO/c1-9-4-3-5-11(6-9,8-14)13-7-10(2)12/h9,13-14H,2-8H2,1H3. The molecule has 1 fully saturated rings. The maximum Gasteiger partial charge on any atom is 0.0613 e. The number of aliphatic hydroxyl groups is 1. The molecule has 14 heavy (non-hydrogen) atoms. The maximum absolute atomic E-state index is 9.46. The van der Waals surface area contributed by atoms with Gasteiger partial charge in [-0.05, 0) is 18.8 Å². The summed E-state index contributed by atoms with van der Waals surface area (Å²) in [5.41, 5.74) is -0.0611. The monoisotopic (exact) mass is 261 g/mol. The van der Waals surface area contributed by atoms with Crippen LogP contribution in [0, 0.1) is 5.92 Å². The predicted molar refractivity (Wildman–Crippen MR) is 63.5 cm³/mol. The first-order chi connectivity index (χ1) is 6.58. The average molecular weight is 262 g/mol. The second-order valence-electron chi connectivity index (χ2n) is 4.51. The summed E-state index contributed by atoms with van der Waals surface area (Å²) in [6.45, 7) is 7.03. The molecule has 2 nitrogen and oxygen atoms in total. The Morgan fingerprint density at radius 2 is 2.43 bits per heavy atom. The molecule has 1 aliphatic carbocycles. The Morgan fingerprint density at radius 1 is 1.71 bits per heavy atom. The van der Waals surface area contributed by atoms with E-state index in [0.717, 1.165) is 23.9 Å². The third-order valence-electron chi connectivity index (χ3n) is 3.05. The van der Waals surface area contributed by atoms with E-state index in [2.05, 4.69) is 34.7 Å². The Kier molecular flexibility index (Phi) is 4.61. The average Bonchev–Trinajstić information content (AvgIpc) is 2.15. The van der Waals surface area contributed by atoms with Crippen LogP contribution in [0.1, 0.15) is 32.6 Å². The molecule has 1 saturated carbocycles. The van der Waals surface area contributed by atoms with Crippen molar-refractivity contribution in [3.05, 3.63) is 11.1 Å². The van der Waals surface area contributed by atoms with Crippen molar-refractivity contribution in [1.29, 1.82) is 0 Å². The van der Waals surface area contributed by atoms with Crippen molar-refractivity contribution in [1.82, 2.24) is 5.32 Å². The maximum atomic E-state index is 9.46. The molecule has 0 aliphatic heterocycles. The molecule has 0 bridgehead atoms. The van der Waals surface area contributed by atoms with Gasteiger partial charge in [-0.25, -0.2) is 0 Å². The number of hydrogen-bond acceptors (Lipinski definition) is 2. The van der Waals surface area contributed by atoms with Gasteiger partial charge < -0.3 is 10.4 Å². The number of halogens is 1. The van der Waals surface area contributed by atoms with Gasteiger partial charge in [0.1, 0.15) is 0 Å². The summed E-state index contributed by atoms with van der Waals surface area (Å²) >= 11 is 3.33. The summed E-state index contributed by atoms with van der Waals surface area (Å²) in [4.78, 5) is 0. The van der Waals surface area contributed by atoms with E-state index in [1.807, 2.05) is 0 Å². The minimum absolute atomic E-state index is 0.0611. The molecule has 0 spiro atoms. The van der Waals surface area contributed by atoms with Crippen LogP contribution < -0.4 is 5.32 Å². The molecule has 0 amide bonds. The summed E-state index contributed by atoms with van der Waals surface area (Å²) in [6.07, 6.45) is 4.65. The van der Waals surface area contributed by atoms with Gasteiger partial charge in [-0.2, -0.15) is 0 Å². The molecular formula is C11H20BrNO. The van der Waals surface area contributed by atoms with Crippen LogP contribution in [0.15, 0.2) is 11.1 Å². The third kappa shape index (κ3) is 3.37. The Hall–Kier alpha value is 0.140. The van der Waals surface area contributed by atoms with E-state index < -0.39 is 0 Å². The number of rotatable bonds is 4. The van der Waals surface area contributed by atoms with Crippen LogP contribution in [0.3, 0.4) is 0 Å². The fraction of sp³-hybridized carbons (Fsp3) is 0.818. The van der Waals surface area contributed by atoms with Gasteiger partial charge in [0.15, 0.2) is 0 Å². The molecule has 2 N–H and O–H groups in total. The summed E-state index contributed by atoms with van der Waals surface area (Å²) in [5.74, 6) is 0.715. The van der Waals surface area contributed by atoms with Crippen LogP contribution in [-0.4, -0.2) is 23.8 Å².